The normalized spacial score (nSPS) is 16.6. The summed E-state index contributed by atoms with van der Waals surface area (Å²) in [6.45, 7) is 5.67. The van der Waals surface area contributed by atoms with Gasteiger partial charge in [-0.25, -0.2) is 0 Å². The summed E-state index contributed by atoms with van der Waals surface area (Å²) in [5.74, 6) is 0.501. The maximum absolute atomic E-state index is 12.6. The summed E-state index contributed by atoms with van der Waals surface area (Å²) in [5.41, 5.74) is -0.791. The molecule has 2 rings (SSSR count). The summed E-state index contributed by atoms with van der Waals surface area (Å²) in [6.07, 6.45) is -1.13. The quantitative estimate of drug-likeness (QED) is 0.761. The van der Waals surface area contributed by atoms with E-state index in [9.17, 15) is 18.0 Å². The Morgan fingerprint density at radius 2 is 2.04 bits per heavy atom. The zero-order chi connectivity index (χ0) is 18.3. The van der Waals surface area contributed by atoms with Crippen LogP contribution in [0.15, 0.2) is 24.3 Å². The predicted octanol–water partition coefficient (Wildman–Crippen LogP) is 3.32. The molecule has 1 saturated heterocycles. The largest absolute Gasteiger partial charge is 0.484 e. The highest BCUT2D eigenvalue weighted by atomic mass is 19.4. The number of carbonyl (C=O) groups excluding carboxylic acids is 1. The number of alkyl halides is 3. The van der Waals surface area contributed by atoms with Crippen LogP contribution in [0.1, 0.15) is 31.7 Å². The van der Waals surface area contributed by atoms with Gasteiger partial charge in [0.05, 0.1) is 5.56 Å². The van der Waals surface area contributed by atoms with Crippen LogP contribution in [0.5, 0.6) is 5.75 Å². The molecule has 0 aliphatic carbocycles. The number of ether oxygens (including phenoxy) is 1. The molecule has 0 bridgehead atoms. The molecule has 7 heteroatoms. The van der Waals surface area contributed by atoms with Gasteiger partial charge < -0.3 is 15.0 Å². The minimum Gasteiger partial charge on any atom is -0.484 e. The monoisotopic (exact) mass is 358 g/mol. The third-order valence-electron chi connectivity index (χ3n) is 4.38. The second-order valence-electron chi connectivity index (χ2n) is 6.54. The van der Waals surface area contributed by atoms with Crippen molar-refractivity contribution >= 4 is 5.91 Å². The number of halogens is 3. The highest BCUT2D eigenvalue weighted by Gasteiger charge is 2.30. The molecule has 0 saturated carbocycles. The Morgan fingerprint density at radius 3 is 2.72 bits per heavy atom. The molecule has 0 radical (unpaired) electrons. The summed E-state index contributed by atoms with van der Waals surface area (Å²) in [7, 11) is 0. The number of hydrogen-bond donors (Lipinski definition) is 1. The van der Waals surface area contributed by atoms with Gasteiger partial charge in [0.25, 0.3) is 5.91 Å². The molecule has 1 N–H and O–H groups in total. The highest BCUT2D eigenvalue weighted by Crippen LogP contribution is 2.31. The summed E-state index contributed by atoms with van der Waals surface area (Å²) in [5, 5.41) is 2.73. The molecule has 0 atom stereocenters. The summed E-state index contributed by atoms with van der Waals surface area (Å²) in [6, 6.07) is 4.52. The molecule has 1 fully saturated rings. The predicted molar refractivity (Wildman–Crippen MR) is 89.4 cm³/mol. The number of rotatable bonds is 7. The van der Waals surface area contributed by atoms with E-state index in [0.29, 0.717) is 6.54 Å². The van der Waals surface area contributed by atoms with E-state index in [1.54, 1.807) is 0 Å². The van der Waals surface area contributed by atoms with Gasteiger partial charge in [-0.15, -0.1) is 0 Å². The van der Waals surface area contributed by atoms with Crippen molar-refractivity contribution in [1.82, 2.24) is 10.2 Å². The molecular formula is C18H25F3N2O2. The van der Waals surface area contributed by atoms with Gasteiger partial charge in [-0.3, -0.25) is 4.79 Å². The zero-order valence-electron chi connectivity index (χ0n) is 14.4. The van der Waals surface area contributed by atoms with E-state index in [2.05, 4.69) is 17.1 Å². The van der Waals surface area contributed by atoms with E-state index in [1.807, 2.05) is 0 Å². The molecule has 0 spiro atoms. The third kappa shape index (κ3) is 6.94. The van der Waals surface area contributed by atoms with Crippen LogP contribution >= 0.6 is 0 Å². The average molecular weight is 358 g/mol. The van der Waals surface area contributed by atoms with Crippen LogP contribution in [0, 0.1) is 5.92 Å². The number of nitrogens with zero attached hydrogens (tertiary/aromatic N) is 1. The van der Waals surface area contributed by atoms with E-state index in [-0.39, 0.29) is 18.3 Å². The lowest BCUT2D eigenvalue weighted by atomic mass is 9.99. The first-order valence-electron chi connectivity index (χ1n) is 8.63. The van der Waals surface area contributed by atoms with Crippen LogP contribution in [0.25, 0.3) is 0 Å². The van der Waals surface area contributed by atoms with Crippen LogP contribution in [0.4, 0.5) is 13.2 Å². The van der Waals surface area contributed by atoms with Crippen molar-refractivity contribution in [3.05, 3.63) is 29.8 Å². The van der Waals surface area contributed by atoms with Gasteiger partial charge in [0.1, 0.15) is 5.75 Å². The second kappa shape index (κ2) is 9.08. The van der Waals surface area contributed by atoms with Crippen molar-refractivity contribution in [2.45, 2.75) is 32.4 Å². The van der Waals surface area contributed by atoms with Crippen LogP contribution in [-0.4, -0.2) is 43.6 Å². The number of benzene rings is 1. The Hall–Kier alpha value is -1.76. The lowest BCUT2D eigenvalue weighted by Gasteiger charge is -2.30. The maximum Gasteiger partial charge on any atom is 0.416 e. The number of piperidine rings is 1. The molecule has 1 amide bonds. The minimum atomic E-state index is -4.42. The Balaban J connectivity index is 1.62. The number of carbonyl (C=O) groups is 1. The molecular weight excluding hydrogens is 333 g/mol. The Kier molecular flexibility index (Phi) is 7.11. The van der Waals surface area contributed by atoms with E-state index in [0.717, 1.165) is 44.1 Å². The minimum absolute atomic E-state index is 0.0346. The third-order valence-corrected chi connectivity index (χ3v) is 4.38. The topological polar surface area (TPSA) is 41.6 Å². The average Bonchev–Trinajstić information content (AvgIpc) is 2.58. The number of nitrogens with one attached hydrogen (secondary N) is 1. The Labute approximate surface area is 146 Å². The van der Waals surface area contributed by atoms with Gasteiger partial charge in [-0.05, 0) is 63.0 Å². The summed E-state index contributed by atoms with van der Waals surface area (Å²) >= 11 is 0. The standard InChI is InChI=1S/C18H25F3N2O2/c1-14-6-10-23(11-7-14)9-3-8-22-17(24)13-25-16-5-2-4-15(12-16)18(19,20)21/h2,4-5,12,14H,3,6-11,13H2,1H3,(H,22,24). The number of likely N-dealkylation sites (tertiary alicyclic amines) is 1. The molecule has 0 aromatic heterocycles. The van der Waals surface area contributed by atoms with E-state index >= 15 is 0 Å². The van der Waals surface area contributed by atoms with Crippen molar-refractivity contribution in [2.75, 3.05) is 32.8 Å². The van der Waals surface area contributed by atoms with Crippen molar-refractivity contribution in [3.8, 4) is 5.75 Å². The molecule has 1 aliphatic heterocycles. The fraction of sp³-hybridized carbons (Fsp3) is 0.611. The zero-order valence-corrected chi connectivity index (χ0v) is 14.4. The van der Waals surface area contributed by atoms with Crippen LogP contribution in [-0.2, 0) is 11.0 Å². The first-order valence-corrected chi connectivity index (χ1v) is 8.63. The molecule has 1 aromatic rings. The second-order valence-corrected chi connectivity index (χ2v) is 6.54. The molecule has 1 heterocycles. The Morgan fingerprint density at radius 1 is 1.32 bits per heavy atom. The number of amides is 1. The van der Waals surface area contributed by atoms with Gasteiger partial charge in [0.2, 0.25) is 0 Å². The lowest BCUT2D eigenvalue weighted by Crippen LogP contribution is -2.36. The molecule has 4 nitrogen and oxygen atoms in total. The lowest BCUT2D eigenvalue weighted by molar-refractivity contribution is -0.137. The molecule has 1 aromatic carbocycles. The van der Waals surface area contributed by atoms with Gasteiger partial charge in [-0.2, -0.15) is 13.2 Å². The van der Waals surface area contributed by atoms with Gasteiger partial charge in [-0.1, -0.05) is 13.0 Å². The van der Waals surface area contributed by atoms with Crippen LogP contribution < -0.4 is 10.1 Å². The van der Waals surface area contributed by atoms with Crippen molar-refractivity contribution in [2.24, 2.45) is 5.92 Å². The van der Waals surface area contributed by atoms with Gasteiger partial charge in [0.15, 0.2) is 6.61 Å². The fourth-order valence-electron chi connectivity index (χ4n) is 2.78. The van der Waals surface area contributed by atoms with Crippen LogP contribution in [0.2, 0.25) is 0 Å². The first-order chi connectivity index (χ1) is 11.8. The van der Waals surface area contributed by atoms with Crippen LogP contribution in [0.3, 0.4) is 0 Å². The molecule has 1 aliphatic rings. The van der Waals surface area contributed by atoms with Gasteiger partial charge in [0, 0.05) is 6.54 Å². The van der Waals surface area contributed by atoms with Crippen molar-refractivity contribution < 1.29 is 22.7 Å². The number of hydrogen-bond acceptors (Lipinski definition) is 3. The Bertz CT molecular complexity index is 555. The fourth-order valence-corrected chi connectivity index (χ4v) is 2.78. The molecule has 25 heavy (non-hydrogen) atoms. The van der Waals surface area contributed by atoms with Crippen molar-refractivity contribution in [3.63, 3.8) is 0 Å². The van der Waals surface area contributed by atoms with Gasteiger partial charge >= 0.3 is 6.18 Å². The molecule has 0 unspecified atom stereocenters. The summed E-state index contributed by atoms with van der Waals surface area (Å²) < 4.78 is 43.0. The van der Waals surface area contributed by atoms with E-state index in [4.69, 9.17) is 4.74 Å². The van der Waals surface area contributed by atoms with E-state index < -0.39 is 11.7 Å². The molecule has 140 valence electrons. The SMILES string of the molecule is CC1CCN(CCCNC(=O)COc2cccc(C(F)(F)F)c2)CC1. The summed E-state index contributed by atoms with van der Waals surface area (Å²) in [4.78, 5) is 14.1. The smallest absolute Gasteiger partial charge is 0.416 e. The van der Waals surface area contributed by atoms with Crippen molar-refractivity contribution in [1.29, 1.82) is 0 Å². The van der Waals surface area contributed by atoms with E-state index in [1.165, 1.54) is 25.0 Å². The first kappa shape index (κ1) is 19.6. The maximum atomic E-state index is 12.6. The highest BCUT2D eigenvalue weighted by molar-refractivity contribution is 5.77.